The summed E-state index contributed by atoms with van der Waals surface area (Å²) in [6, 6.07) is 16.9. The number of carbonyl (C=O) groups excluding carboxylic acids is 4. The van der Waals surface area contributed by atoms with E-state index in [1.54, 1.807) is 31.4 Å². The normalized spacial score (nSPS) is 26.1. The molecule has 4 aliphatic rings. The van der Waals surface area contributed by atoms with Crippen LogP contribution in [0.2, 0.25) is 0 Å². The van der Waals surface area contributed by atoms with Gasteiger partial charge < -0.3 is 25.0 Å². The van der Waals surface area contributed by atoms with Crippen LogP contribution in [0.4, 0.5) is 4.79 Å². The monoisotopic (exact) mass is 811 g/mol. The van der Waals surface area contributed by atoms with Crippen molar-refractivity contribution in [3.05, 3.63) is 72.8 Å². The van der Waals surface area contributed by atoms with Crippen molar-refractivity contribution in [2.24, 2.45) is 5.92 Å². The van der Waals surface area contributed by atoms with Crippen molar-refractivity contribution >= 4 is 50.4 Å². The van der Waals surface area contributed by atoms with E-state index in [0.717, 1.165) is 23.8 Å². The average Bonchev–Trinajstić information content (AvgIpc) is 4.08. The van der Waals surface area contributed by atoms with Crippen molar-refractivity contribution in [3.8, 4) is 17.1 Å². The second-order valence-corrected chi connectivity index (χ2v) is 18.8. The molecule has 58 heavy (non-hydrogen) atoms. The number of hydrogen-bond donors (Lipinski definition) is 3. The fraction of sp³-hybridized carbons (Fsp3) is 0.476. The molecule has 0 radical (unpaired) electrons. The van der Waals surface area contributed by atoms with Gasteiger partial charge in [-0.2, -0.15) is 9.61 Å². The summed E-state index contributed by atoms with van der Waals surface area (Å²) in [5, 5.41) is 10.6. The molecule has 3 N–H and O–H groups in total. The van der Waals surface area contributed by atoms with E-state index in [1.807, 2.05) is 66.7 Å². The summed E-state index contributed by atoms with van der Waals surface area (Å²) in [6.07, 6.45) is 6.64. The first kappa shape index (κ1) is 39.3. The van der Waals surface area contributed by atoms with Gasteiger partial charge in [0.2, 0.25) is 27.7 Å². The number of amides is 4. The van der Waals surface area contributed by atoms with Gasteiger partial charge in [-0.3, -0.25) is 19.1 Å². The number of benzene rings is 2. The van der Waals surface area contributed by atoms with Gasteiger partial charge in [-0.15, -0.1) is 0 Å². The quantitative estimate of drug-likeness (QED) is 0.219. The van der Waals surface area contributed by atoms with Crippen LogP contribution in [0, 0.1) is 5.92 Å². The Hall–Kier alpha value is -5.51. The van der Waals surface area contributed by atoms with Gasteiger partial charge in [0.25, 0.3) is 5.91 Å². The number of sulfonamides is 1. The summed E-state index contributed by atoms with van der Waals surface area (Å²) in [5.74, 6) is -2.02. The third kappa shape index (κ3) is 8.24. The molecule has 16 heteroatoms. The predicted octanol–water partition coefficient (Wildman–Crippen LogP) is 4.79. The molecule has 0 bridgehead atoms. The maximum Gasteiger partial charge on any atom is 0.408 e. The van der Waals surface area contributed by atoms with Gasteiger partial charge in [0.05, 0.1) is 23.0 Å². The summed E-state index contributed by atoms with van der Waals surface area (Å²) in [4.78, 5) is 62.5. The first-order valence-corrected chi connectivity index (χ1v) is 21.6. The third-order valence-electron chi connectivity index (χ3n) is 11.1. The SMILES string of the molecule is CC(C)(C)OC(=O)N[C@H]1CCCCC/C=C\[C@H]2C[C@@]2(C(=O)NS(=O)(=O)C2CC2)NC(=O)[C@@H]2C[C@@H](Oc3cc(-c4ccccc4)nc4c5ccccc5nn34)CN2C1=O. The summed E-state index contributed by atoms with van der Waals surface area (Å²) in [6.45, 7) is 5.16. The Kier molecular flexibility index (Phi) is 10.4. The van der Waals surface area contributed by atoms with Gasteiger partial charge >= 0.3 is 6.09 Å². The molecule has 15 nitrogen and oxygen atoms in total. The molecule has 306 valence electrons. The molecule has 5 atom stereocenters. The molecule has 8 rings (SSSR count). The average molecular weight is 812 g/mol. The molecule has 4 heterocycles. The zero-order valence-electron chi connectivity index (χ0n) is 32.8. The molecule has 4 aromatic rings. The second kappa shape index (κ2) is 15.3. The van der Waals surface area contributed by atoms with Crippen LogP contribution in [0.15, 0.2) is 72.8 Å². The fourth-order valence-corrected chi connectivity index (χ4v) is 9.28. The summed E-state index contributed by atoms with van der Waals surface area (Å²) >= 11 is 0. The molecule has 2 aromatic heterocycles. The lowest BCUT2D eigenvalue weighted by atomic mass is 10.0. The molecular formula is C42H49N7O8S. The lowest BCUT2D eigenvalue weighted by Crippen LogP contribution is -2.58. The number of nitrogens with zero attached hydrogens (tertiary/aromatic N) is 4. The molecule has 2 aliphatic heterocycles. The Morgan fingerprint density at radius 3 is 2.50 bits per heavy atom. The summed E-state index contributed by atoms with van der Waals surface area (Å²) < 4.78 is 41.9. The van der Waals surface area contributed by atoms with Gasteiger partial charge in [0, 0.05) is 29.4 Å². The number of hydrogen-bond acceptors (Lipinski definition) is 10. The van der Waals surface area contributed by atoms with E-state index in [4.69, 9.17) is 19.6 Å². The van der Waals surface area contributed by atoms with Crippen molar-refractivity contribution in [1.29, 1.82) is 0 Å². The lowest BCUT2D eigenvalue weighted by Gasteiger charge is -2.30. The Morgan fingerprint density at radius 1 is 0.983 bits per heavy atom. The smallest absolute Gasteiger partial charge is 0.408 e. The van der Waals surface area contributed by atoms with Gasteiger partial charge in [0.1, 0.15) is 29.3 Å². The van der Waals surface area contributed by atoms with Crippen LogP contribution < -0.4 is 20.1 Å². The Labute approximate surface area is 337 Å². The minimum absolute atomic E-state index is 0.0284. The van der Waals surface area contributed by atoms with E-state index >= 15 is 0 Å². The van der Waals surface area contributed by atoms with E-state index in [-0.39, 0.29) is 19.4 Å². The number of allylic oxidation sites excluding steroid dienone is 1. The zero-order valence-corrected chi connectivity index (χ0v) is 33.7. The molecule has 1 saturated heterocycles. The lowest BCUT2D eigenvalue weighted by molar-refractivity contribution is -0.141. The van der Waals surface area contributed by atoms with Crippen molar-refractivity contribution in [3.63, 3.8) is 0 Å². The van der Waals surface area contributed by atoms with Gasteiger partial charge in [-0.25, -0.2) is 18.2 Å². The van der Waals surface area contributed by atoms with Crippen LogP contribution in [-0.2, 0) is 29.1 Å². The van der Waals surface area contributed by atoms with E-state index in [1.165, 1.54) is 4.90 Å². The molecule has 4 amide bonds. The van der Waals surface area contributed by atoms with Crippen LogP contribution in [0.3, 0.4) is 0 Å². The minimum atomic E-state index is -3.91. The van der Waals surface area contributed by atoms with Gasteiger partial charge in [0.15, 0.2) is 5.65 Å². The maximum absolute atomic E-state index is 14.7. The zero-order chi connectivity index (χ0) is 40.8. The van der Waals surface area contributed by atoms with E-state index in [2.05, 4.69) is 15.4 Å². The number of aromatic nitrogens is 3. The Bertz CT molecular complexity index is 2390. The number of fused-ring (bicyclic) bond motifs is 5. The molecule has 0 spiro atoms. The summed E-state index contributed by atoms with van der Waals surface area (Å²) in [5.41, 5.74) is 0.425. The van der Waals surface area contributed by atoms with Crippen LogP contribution >= 0.6 is 0 Å². The maximum atomic E-state index is 14.7. The number of alkyl carbamates (subject to hydrolysis) is 1. The highest BCUT2D eigenvalue weighted by Gasteiger charge is 2.62. The minimum Gasteiger partial charge on any atom is -0.472 e. The number of carbonyl (C=O) groups is 4. The highest BCUT2D eigenvalue weighted by atomic mass is 32.2. The number of ether oxygens (including phenoxy) is 2. The van der Waals surface area contributed by atoms with Gasteiger partial charge in [-0.05, 0) is 71.4 Å². The van der Waals surface area contributed by atoms with Crippen LogP contribution in [0.5, 0.6) is 5.88 Å². The highest BCUT2D eigenvalue weighted by molar-refractivity contribution is 7.91. The van der Waals surface area contributed by atoms with Crippen LogP contribution in [0.25, 0.3) is 27.8 Å². The number of nitrogens with one attached hydrogen (secondary N) is 3. The summed E-state index contributed by atoms with van der Waals surface area (Å²) in [7, 11) is -3.91. The first-order chi connectivity index (χ1) is 27.7. The highest BCUT2D eigenvalue weighted by Crippen LogP contribution is 2.46. The third-order valence-corrected chi connectivity index (χ3v) is 13.0. The van der Waals surface area contributed by atoms with Crippen LogP contribution in [0.1, 0.15) is 78.6 Å². The molecule has 3 fully saturated rings. The predicted molar refractivity (Wildman–Crippen MR) is 215 cm³/mol. The molecule has 2 saturated carbocycles. The molecule has 2 aromatic carbocycles. The van der Waals surface area contributed by atoms with E-state index in [9.17, 15) is 27.6 Å². The molecule has 2 aliphatic carbocycles. The largest absolute Gasteiger partial charge is 0.472 e. The van der Waals surface area contributed by atoms with Gasteiger partial charge in [-0.1, -0.05) is 67.5 Å². The van der Waals surface area contributed by atoms with Crippen molar-refractivity contribution in [2.75, 3.05) is 6.54 Å². The first-order valence-electron chi connectivity index (χ1n) is 20.1. The van der Waals surface area contributed by atoms with E-state index in [0.29, 0.717) is 54.8 Å². The van der Waals surface area contributed by atoms with Crippen LogP contribution in [-0.4, -0.2) is 92.9 Å². The molecule has 0 unspecified atom stereocenters. The molecular weight excluding hydrogens is 763 g/mol. The Balaban J connectivity index is 1.14. The van der Waals surface area contributed by atoms with Crippen molar-refractivity contribution in [2.45, 2.75) is 113 Å². The van der Waals surface area contributed by atoms with E-state index < -0.39 is 74.3 Å². The standard InChI is InChI=1S/C42H49N7O8S/c1-41(2,3)57-40(53)44-32-19-11-6-4-5-10-16-27-24-42(27,39(52)47-58(54,55)29-20-21-29)45-37(50)34-22-28(25-48(34)38(32)51)56-35-23-33(26-14-8-7-9-15-26)43-36-30-17-12-13-18-31(30)46-49(35)36/h7-10,12-18,23,27-29,32,34H,4-6,11,19-22,24-25H2,1-3H3,(H,44,53)(H,45,50)(H,47,52)/b16-10-/t27-,28+,32-,34-,42+/m0/s1. The second-order valence-electron chi connectivity index (χ2n) is 16.8. The number of rotatable bonds is 7. The fourth-order valence-electron chi connectivity index (χ4n) is 7.91. The Morgan fingerprint density at radius 2 is 1.74 bits per heavy atom. The topological polar surface area (TPSA) is 190 Å². The van der Waals surface area contributed by atoms with Crippen molar-refractivity contribution in [1.82, 2.24) is 34.9 Å². The van der Waals surface area contributed by atoms with Crippen molar-refractivity contribution < 1.29 is 37.1 Å².